The molecule has 1 heterocycles. The van der Waals surface area contributed by atoms with Crippen molar-refractivity contribution in [3.63, 3.8) is 0 Å². The summed E-state index contributed by atoms with van der Waals surface area (Å²) in [5.74, 6) is -3.99. The van der Waals surface area contributed by atoms with Gasteiger partial charge in [-0.15, -0.1) is 0 Å². The lowest BCUT2D eigenvalue weighted by Gasteiger charge is -2.12. The van der Waals surface area contributed by atoms with Gasteiger partial charge in [0.2, 0.25) is 0 Å². The van der Waals surface area contributed by atoms with Crippen LogP contribution in [-0.4, -0.2) is 11.5 Å². The second kappa shape index (κ2) is 3.10. The van der Waals surface area contributed by atoms with Crippen molar-refractivity contribution < 1.29 is 13.2 Å². The molecule has 2 nitrogen and oxygen atoms in total. The summed E-state index contributed by atoms with van der Waals surface area (Å²) in [6.07, 6.45) is 1.76. The van der Waals surface area contributed by atoms with Crippen LogP contribution in [0.4, 0.5) is 13.2 Å². The Morgan fingerprint density at radius 1 is 1.42 bits per heavy atom. The van der Waals surface area contributed by atoms with E-state index >= 15 is 0 Å². The molecule has 0 fully saturated rings. The Kier molecular flexibility index (Phi) is 2.32. The first kappa shape index (κ1) is 8.99. The normalized spacial score (nSPS) is 11.7. The topological polar surface area (TPSA) is 38.9 Å². The van der Waals surface area contributed by atoms with Crippen LogP contribution in [0.2, 0.25) is 0 Å². The lowest BCUT2D eigenvalue weighted by molar-refractivity contribution is 0.00528. The number of nitrogens with two attached hydrogens (primary N) is 1. The summed E-state index contributed by atoms with van der Waals surface area (Å²) >= 11 is 0. The summed E-state index contributed by atoms with van der Waals surface area (Å²) in [6.45, 7) is -0.849. The first-order chi connectivity index (χ1) is 5.56. The molecule has 0 radical (unpaired) electrons. The van der Waals surface area contributed by atoms with E-state index in [-0.39, 0.29) is 0 Å². The number of rotatable bonds is 2. The largest absolute Gasteiger partial charge is 0.325 e. The van der Waals surface area contributed by atoms with Crippen molar-refractivity contribution in [3.05, 3.63) is 29.8 Å². The smallest absolute Gasteiger partial charge is 0.286 e. The molecule has 0 aliphatic rings. The fourth-order valence-electron chi connectivity index (χ4n) is 0.730. The van der Waals surface area contributed by atoms with Crippen LogP contribution in [0.5, 0.6) is 0 Å². The molecule has 0 bridgehead atoms. The molecule has 1 aromatic heterocycles. The van der Waals surface area contributed by atoms with Crippen molar-refractivity contribution >= 4 is 0 Å². The van der Waals surface area contributed by atoms with E-state index in [1.54, 1.807) is 0 Å². The molecule has 0 saturated carbocycles. The standard InChI is InChI=1S/C7H7F3N2/c8-6-1-5(2-12-3-6)7(9,10)4-11/h1-3H,4,11H2. The number of pyridine rings is 1. The zero-order valence-electron chi connectivity index (χ0n) is 6.10. The van der Waals surface area contributed by atoms with Crippen LogP contribution in [0.15, 0.2) is 18.5 Å². The summed E-state index contributed by atoms with van der Waals surface area (Å²) in [6, 6.07) is 0.722. The van der Waals surface area contributed by atoms with Gasteiger partial charge in [0.05, 0.1) is 12.7 Å². The molecule has 1 rings (SSSR count). The lowest BCUT2D eigenvalue weighted by Crippen LogP contribution is -2.25. The third-order valence-electron chi connectivity index (χ3n) is 1.38. The Morgan fingerprint density at radius 2 is 2.08 bits per heavy atom. The molecule has 0 saturated heterocycles. The van der Waals surface area contributed by atoms with Gasteiger partial charge in [0.15, 0.2) is 0 Å². The lowest BCUT2D eigenvalue weighted by atomic mass is 10.1. The fourth-order valence-corrected chi connectivity index (χ4v) is 0.730. The number of aromatic nitrogens is 1. The van der Waals surface area contributed by atoms with E-state index in [0.29, 0.717) is 0 Å². The van der Waals surface area contributed by atoms with Crippen LogP contribution in [0, 0.1) is 5.82 Å². The second-order valence-electron chi connectivity index (χ2n) is 2.30. The van der Waals surface area contributed by atoms with Crippen molar-refractivity contribution in [2.45, 2.75) is 5.92 Å². The van der Waals surface area contributed by atoms with Crippen molar-refractivity contribution in [1.29, 1.82) is 0 Å². The predicted molar refractivity (Wildman–Crippen MR) is 37.1 cm³/mol. The highest BCUT2D eigenvalue weighted by molar-refractivity contribution is 5.16. The van der Waals surface area contributed by atoms with Crippen LogP contribution < -0.4 is 5.73 Å². The van der Waals surface area contributed by atoms with Gasteiger partial charge in [0.1, 0.15) is 5.82 Å². The summed E-state index contributed by atoms with van der Waals surface area (Å²) < 4.78 is 37.9. The molecule has 0 spiro atoms. The fraction of sp³-hybridized carbons (Fsp3) is 0.286. The molecule has 5 heteroatoms. The first-order valence-corrected chi connectivity index (χ1v) is 3.25. The van der Waals surface area contributed by atoms with Crippen LogP contribution >= 0.6 is 0 Å². The molecule has 2 N–H and O–H groups in total. The van der Waals surface area contributed by atoms with E-state index in [1.807, 2.05) is 0 Å². The molecule has 0 aliphatic carbocycles. The number of halogens is 3. The van der Waals surface area contributed by atoms with Crippen molar-refractivity contribution in [2.75, 3.05) is 6.54 Å². The van der Waals surface area contributed by atoms with Crippen LogP contribution in [0.3, 0.4) is 0 Å². The molecule has 1 aromatic rings. The molecule has 0 atom stereocenters. The molecular weight excluding hydrogens is 169 g/mol. The van der Waals surface area contributed by atoms with Gasteiger partial charge in [-0.05, 0) is 6.07 Å². The van der Waals surface area contributed by atoms with Gasteiger partial charge >= 0.3 is 0 Å². The predicted octanol–water partition coefficient (Wildman–Crippen LogP) is 1.27. The molecular formula is C7H7F3N2. The summed E-state index contributed by atoms with van der Waals surface area (Å²) in [7, 11) is 0. The van der Waals surface area contributed by atoms with Gasteiger partial charge < -0.3 is 5.73 Å². The van der Waals surface area contributed by atoms with E-state index in [0.717, 1.165) is 18.5 Å². The quantitative estimate of drug-likeness (QED) is 0.736. The van der Waals surface area contributed by atoms with Crippen LogP contribution in [-0.2, 0) is 5.92 Å². The van der Waals surface area contributed by atoms with Gasteiger partial charge in [-0.3, -0.25) is 4.98 Å². The molecule has 12 heavy (non-hydrogen) atoms. The highest BCUT2D eigenvalue weighted by Crippen LogP contribution is 2.25. The number of hydrogen-bond donors (Lipinski definition) is 1. The van der Waals surface area contributed by atoms with Gasteiger partial charge in [0, 0.05) is 11.8 Å². The molecule has 0 unspecified atom stereocenters. The third-order valence-corrected chi connectivity index (χ3v) is 1.38. The average Bonchev–Trinajstić information content (AvgIpc) is 2.05. The Bertz CT molecular complexity index is 275. The highest BCUT2D eigenvalue weighted by Gasteiger charge is 2.30. The maximum atomic E-state index is 12.7. The average molecular weight is 176 g/mol. The number of hydrogen-bond acceptors (Lipinski definition) is 2. The number of nitrogens with zero attached hydrogens (tertiary/aromatic N) is 1. The molecule has 0 amide bonds. The maximum absolute atomic E-state index is 12.7. The minimum atomic E-state index is -3.20. The van der Waals surface area contributed by atoms with Gasteiger partial charge in [-0.2, -0.15) is 8.78 Å². The van der Waals surface area contributed by atoms with Crippen molar-refractivity contribution in [2.24, 2.45) is 5.73 Å². The van der Waals surface area contributed by atoms with Gasteiger partial charge in [-0.25, -0.2) is 4.39 Å². The SMILES string of the molecule is NCC(F)(F)c1cncc(F)c1. The molecule has 0 aromatic carbocycles. The Labute approximate surface area is 67.2 Å². The Balaban J connectivity index is 3.03. The minimum absolute atomic E-state index is 0.495. The summed E-state index contributed by atoms with van der Waals surface area (Å²) in [4.78, 5) is 3.29. The highest BCUT2D eigenvalue weighted by atomic mass is 19.3. The zero-order chi connectivity index (χ0) is 9.19. The molecule has 66 valence electrons. The number of alkyl halides is 2. The van der Waals surface area contributed by atoms with Gasteiger partial charge in [-0.1, -0.05) is 0 Å². The van der Waals surface area contributed by atoms with Crippen LogP contribution in [0.25, 0.3) is 0 Å². The maximum Gasteiger partial charge on any atom is 0.286 e. The van der Waals surface area contributed by atoms with Gasteiger partial charge in [0.25, 0.3) is 5.92 Å². The molecule has 0 aliphatic heterocycles. The minimum Gasteiger partial charge on any atom is -0.325 e. The summed E-state index contributed by atoms with van der Waals surface area (Å²) in [5.41, 5.74) is 4.29. The van der Waals surface area contributed by atoms with E-state index in [4.69, 9.17) is 5.73 Å². The van der Waals surface area contributed by atoms with E-state index < -0.39 is 23.8 Å². The first-order valence-electron chi connectivity index (χ1n) is 3.25. The monoisotopic (exact) mass is 176 g/mol. The third kappa shape index (κ3) is 1.73. The van der Waals surface area contributed by atoms with E-state index in [1.165, 1.54) is 0 Å². The van der Waals surface area contributed by atoms with E-state index in [9.17, 15) is 13.2 Å². The van der Waals surface area contributed by atoms with E-state index in [2.05, 4.69) is 4.98 Å². The zero-order valence-corrected chi connectivity index (χ0v) is 6.10. The van der Waals surface area contributed by atoms with Crippen LogP contribution in [0.1, 0.15) is 5.56 Å². The Morgan fingerprint density at radius 3 is 2.58 bits per heavy atom. The summed E-state index contributed by atoms with van der Waals surface area (Å²) in [5, 5.41) is 0. The van der Waals surface area contributed by atoms with Crippen molar-refractivity contribution in [1.82, 2.24) is 4.98 Å². The second-order valence-corrected chi connectivity index (χ2v) is 2.30. The van der Waals surface area contributed by atoms with Crippen molar-refractivity contribution in [3.8, 4) is 0 Å². The Hall–Kier alpha value is -1.10.